The maximum atomic E-state index is 13.9. The number of amides is 4. The first-order valence-corrected chi connectivity index (χ1v) is 15.5. The third-order valence-electron chi connectivity index (χ3n) is 8.21. The van der Waals surface area contributed by atoms with Gasteiger partial charge in [-0.15, -0.1) is 0 Å². The van der Waals surface area contributed by atoms with Gasteiger partial charge in [-0.3, -0.25) is 19.2 Å². The number of aromatic amines is 2. The minimum absolute atomic E-state index is 0.00615. The molecule has 4 atom stereocenters. The summed E-state index contributed by atoms with van der Waals surface area (Å²) in [5.74, 6) is -4.43. The molecule has 2 heterocycles. The number of H-pyrrole nitrogens is 2. The smallest absolute Gasteiger partial charge is 0.326 e. The van der Waals surface area contributed by atoms with E-state index < -0.39 is 60.2 Å². The highest BCUT2D eigenvalue weighted by molar-refractivity contribution is 5.96. The highest BCUT2D eigenvalue weighted by Crippen LogP contribution is 2.21. The first kappa shape index (κ1) is 34.2. The number of aromatic nitrogens is 2. The topological polar surface area (TPSA) is 246 Å². The zero-order chi connectivity index (χ0) is 35.1. The molecular formula is C35H37N7O7. The van der Waals surface area contributed by atoms with Crippen LogP contribution in [0.3, 0.4) is 0 Å². The Hall–Kier alpha value is -6.15. The SMILES string of the molecule is NC(=O)CC(N)C(=O)NC(Cc1ccc(O)cc1)C(=O)NC(Cc1c[nH]c2ccccc12)C(=O)NC(Cc1c[nH]c2ccccc12)C(=O)O. The van der Waals surface area contributed by atoms with Crippen LogP contribution < -0.4 is 27.4 Å². The number of aliphatic carboxylic acids is 1. The van der Waals surface area contributed by atoms with Crippen molar-refractivity contribution in [2.45, 2.75) is 49.9 Å². The molecule has 0 aliphatic rings. The Bertz CT molecular complexity index is 1990. The number of primary amides is 1. The number of carboxylic acids is 1. The van der Waals surface area contributed by atoms with E-state index in [0.717, 1.165) is 21.8 Å². The lowest BCUT2D eigenvalue weighted by Crippen LogP contribution is -2.58. The number of carboxylic acid groups (broad SMARTS) is 1. The van der Waals surface area contributed by atoms with Crippen molar-refractivity contribution in [3.63, 3.8) is 0 Å². The van der Waals surface area contributed by atoms with Crippen LogP contribution in [0.4, 0.5) is 0 Å². The van der Waals surface area contributed by atoms with Crippen LogP contribution in [0.2, 0.25) is 0 Å². The molecule has 14 heteroatoms. The van der Waals surface area contributed by atoms with E-state index in [1.54, 1.807) is 24.5 Å². The molecule has 11 N–H and O–H groups in total. The number of carbonyl (C=O) groups is 5. The van der Waals surface area contributed by atoms with Crippen LogP contribution in [0.1, 0.15) is 23.1 Å². The summed E-state index contributed by atoms with van der Waals surface area (Å²) in [6, 6.07) is 15.5. The third kappa shape index (κ3) is 8.61. The van der Waals surface area contributed by atoms with Gasteiger partial charge in [0.05, 0.1) is 12.5 Å². The molecule has 14 nitrogen and oxygen atoms in total. The molecule has 49 heavy (non-hydrogen) atoms. The Labute approximate surface area is 280 Å². The molecule has 0 saturated heterocycles. The molecule has 0 bridgehead atoms. The molecule has 0 fully saturated rings. The predicted octanol–water partition coefficient (Wildman–Crippen LogP) is 1.12. The molecule has 0 aliphatic carbocycles. The fraction of sp³-hybridized carbons (Fsp3) is 0.229. The number of aromatic hydroxyl groups is 1. The summed E-state index contributed by atoms with van der Waals surface area (Å²) in [5, 5.41) is 29.3. The van der Waals surface area contributed by atoms with Crippen molar-refractivity contribution in [2.75, 3.05) is 0 Å². The number of para-hydroxylation sites is 2. The second-order valence-corrected chi connectivity index (χ2v) is 11.8. The highest BCUT2D eigenvalue weighted by atomic mass is 16.4. The van der Waals surface area contributed by atoms with Crippen LogP contribution in [0.15, 0.2) is 85.2 Å². The Kier molecular flexibility index (Phi) is 10.6. The molecule has 3 aromatic carbocycles. The van der Waals surface area contributed by atoms with Crippen molar-refractivity contribution in [3.8, 4) is 5.75 Å². The first-order valence-electron chi connectivity index (χ1n) is 15.5. The van der Waals surface area contributed by atoms with Gasteiger partial charge < -0.3 is 47.6 Å². The average molecular weight is 668 g/mol. The summed E-state index contributed by atoms with van der Waals surface area (Å²) in [7, 11) is 0. The molecule has 5 aromatic rings. The molecule has 0 saturated carbocycles. The van der Waals surface area contributed by atoms with Gasteiger partial charge in [-0.05, 0) is 41.0 Å². The minimum atomic E-state index is -1.34. The second-order valence-electron chi connectivity index (χ2n) is 11.8. The number of nitrogens with one attached hydrogen (secondary N) is 5. The predicted molar refractivity (Wildman–Crippen MR) is 181 cm³/mol. The number of phenols is 1. The lowest BCUT2D eigenvalue weighted by Gasteiger charge is -2.25. The van der Waals surface area contributed by atoms with Crippen LogP contribution in [0.5, 0.6) is 5.75 Å². The van der Waals surface area contributed by atoms with Crippen LogP contribution in [0.25, 0.3) is 21.8 Å². The van der Waals surface area contributed by atoms with Gasteiger partial charge in [-0.2, -0.15) is 0 Å². The van der Waals surface area contributed by atoms with Crippen LogP contribution in [0, 0.1) is 0 Å². The number of carbonyl (C=O) groups excluding carboxylic acids is 4. The molecule has 0 radical (unpaired) electrons. The number of rotatable bonds is 15. The normalized spacial score (nSPS) is 13.7. The molecule has 0 spiro atoms. The molecule has 4 unspecified atom stereocenters. The summed E-state index contributed by atoms with van der Waals surface area (Å²) in [5.41, 5.74) is 14.6. The fourth-order valence-corrected chi connectivity index (χ4v) is 5.66. The standard InChI is InChI=1S/C35H37N7O7/c36-25(16-31(37)44)32(45)40-28(13-19-9-11-22(43)12-10-19)33(46)41-29(14-20-17-38-26-7-3-1-5-23(20)26)34(47)42-30(35(48)49)15-21-18-39-27-8-4-2-6-24(21)27/h1-12,17-18,25,28-30,38-39,43H,13-16,36H2,(H2,37,44)(H,40,45)(H,41,46)(H,42,47)(H,48,49). The van der Waals surface area contributed by atoms with E-state index in [1.165, 1.54) is 12.1 Å². The van der Waals surface area contributed by atoms with Gasteiger partial charge in [0.1, 0.15) is 23.9 Å². The number of hydrogen-bond acceptors (Lipinski definition) is 7. The summed E-state index contributed by atoms with van der Waals surface area (Å²) in [4.78, 5) is 70.8. The van der Waals surface area contributed by atoms with E-state index >= 15 is 0 Å². The van der Waals surface area contributed by atoms with Gasteiger partial charge in [0.2, 0.25) is 23.6 Å². The van der Waals surface area contributed by atoms with Crippen molar-refractivity contribution >= 4 is 51.4 Å². The largest absolute Gasteiger partial charge is 0.508 e. The van der Waals surface area contributed by atoms with E-state index in [0.29, 0.717) is 16.7 Å². The maximum Gasteiger partial charge on any atom is 0.326 e. The van der Waals surface area contributed by atoms with Gasteiger partial charge in [-0.1, -0.05) is 48.5 Å². The molecule has 254 valence electrons. The average Bonchev–Trinajstić information content (AvgIpc) is 3.68. The lowest BCUT2D eigenvalue weighted by atomic mass is 10.0. The van der Waals surface area contributed by atoms with Crippen molar-refractivity contribution in [2.24, 2.45) is 11.5 Å². The Morgan fingerprint density at radius 2 is 1.12 bits per heavy atom. The number of phenolic OH excluding ortho intramolecular Hbond substituents is 1. The second kappa shape index (κ2) is 15.2. The summed E-state index contributed by atoms with van der Waals surface area (Å²) in [6.07, 6.45) is 2.81. The van der Waals surface area contributed by atoms with Crippen LogP contribution in [-0.2, 0) is 43.2 Å². The van der Waals surface area contributed by atoms with E-state index in [9.17, 15) is 34.2 Å². The summed E-state index contributed by atoms with van der Waals surface area (Å²) < 4.78 is 0. The zero-order valence-corrected chi connectivity index (χ0v) is 26.3. The first-order chi connectivity index (χ1) is 23.5. The number of benzene rings is 3. The third-order valence-corrected chi connectivity index (χ3v) is 8.21. The van der Waals surface area contributed by atoms with Crippen molar-refractivity contribution in [1.29, 1.82) is 0 Å². The molecule has 4 amide bonds. The molecule has 2 aromatic heterocycles. The van der Waals surface area contributed by atoms with E-state index in [-0.39, 0.29) is 25.0 Å². The van der Waals surface area contributed by atoms with Gasteiger partial charge in [0.15, 0.2) is 0 Å². The van der Waals surface area contributed by atoms with Gasteiger partial charge in [0.25, 0.3) is 0 Å². The van der Waals surface area contributed by atoms with Crippen molar-refractivity contribution in [3.05, 3.63) is 102 Å². The van der Waals surface area contributed by atoms with E-state index in [1.807, 2.05) is 48.5 Å². The lowest BCUT2D eigenvalue weighted by molar-refractivity contribution is -0.142. The van der Waals surface area contributed by atoms with Gasteiger partial charge >= 0.3 is 5.97 Å². The van der Waals surface area contributed by atoms with Crippen molar-refractivity contribution in [1.82, 2.24) is 25.9 Å². The summed E-state index contributed by atoms with van der Waals surface area (Å²) in [6.45, 7) is 0. The van der Waals surface area contributed by atoms with E-state index in [4.69, 9.17) is 11.5 Å². The summed E-state index contributed by atoms with van der Waals surface area (Å²) >= 11 is 0. The monoisotopic (exact) mass is 667 g/mol. The highest BCUT2D eigenvalue weighted by Gasteiger charge is 2.32. The quantitative estimate of drug-likeness (QED) is 0.0781. The molecular weight excluding hydrogens is 630 g/mol. The van der Waals surface area contributed by atoms with Crippen molar-refractivity contribution < 1.29 is 34.2 Å². The van der Waals surface area contributed by atoms with Gasteiger partial charge in [-0.25, -0.2) is 4.79 Å². The fourth-order valence-electron chi connectivity index (χ4n) is 5.66. The minimum Gasteiger partial charge on any atom is -0.508 e. The number of hydrogen-bond donors (Lipinski definition) is 9. The number of nitrogens with two attached hydrogens (primary N) is 2. The maximum absolute atomic E-state index is 13.9. The van der Waals surface area contributed by atoms with Crippen LogP contribution in [-0.4, -0.2) is 73.9 Å². The Morgan fingerprint density at radius 3 is 1.65 bits per heavy atom. The van der Waals surface area contributed by atoms with Crippen LogP contribution >= 0.6 is 0 Å². The van der Waals surface area contributed by atoms with E-state index in [2.05, 4.69) is 25.9 Å². The Morgan fingerprint density at radius 1 is 0.653 bits per heavy atom. The molecule has 0 aliphatic heterocycles. The Balaban J connectivity index is 1.42. The number of fused-ring (bicyclic) bond motifs is 2. The zero-order valence-electron chi connectivity index (χ0n) is 26.3. The molecule has 5 rings (SSSR count). The van der Waals surface area contributed by atoms with Gasteiger partial charge in [0, 0.05) is 53.5 Å².